The van der Waals surface area contributed by atoms with Crippen molar-refractivity contribution in [3.05, 3.63) is 54.1 Å². The Balaban J connectivity index is 1.47. The molecule has 0 aliphatic carbocycles. The average Bonchev–Trinajstić information content (AvgIpc) is 3.32. The molecule has 1 aliphatic heterocycles. The zero-order valence-electron chi connectivity index (χ0n) is 20.8. The molecule has 3 aromatic rings. The Morgan fingerprint density at radius 1 is 0.973 bits per heavy atom. The maximum atomic E-state index is 13.0. The number of sulfone groups is 1. The first-order chi connectivity index (χ1) is 17.4. The van der Waals surface area contributed by atoms with Gasteiger partial charge in [-0.1, -0.05) is 11.2 Å². The number of ether oxygens (including phenoxy) is 1. The summed E-state index contributed by atoms with van der Waals surface area (Å²) in [5.41, 5.74) is 0.573. The van der Waals surface area contributed by atoms with Crippen molar-refractivity contribution in [1.82, 2.24) is 14.5 Å². The standard InChI is InChI=1S/C24H28N4O7S2/c1-15(2)36(30,31)21-7-5-6-19(12-21)23-26-27-24(35-23)25-22(29)18-8-10-20(11-9-18)37(32,33)28-13-16(3)34-17(4)14-28/h5-12,15-17H,13-14H2,1-4H3,(H,25,27,29). The van der Waals surface area contributed by atoms with Crippen LogP contribution in [-0.4, -0.2) is 67.8 Å². The highest BCUT2D eigenvalue weighted by atomic mass is 32.2. The van der Waals surface area contributed by atoms with Gasteiger partial charge in [-0.3, -0.25) is 10.1 Å². The lowest BCUT2D eigenvalue weighted by molar-refractivity contribution is -0.0440. The second-order valence-corrected chi connectivity index (χ2v) is 13.5. The molecule has 198 valence electrons. The van der Waals surface area contributed by atoms with Crippen LogP contribution in [0.15, 0.2) is 62.7 Å². The smallest absolute Gasteiger partial charge is 0.322 e. The fraction of sp³-hybridized carbons (Fsp3) is 0.375. The zero-order valence-corrected chi connectivity index (χ0v) is 22.4. The number of nitrogens with zero attached hydrogens (tertiary/aromatic N) is 3. The van der Waals surface area contributed by atoms with E-state index in [1.165, 1.54) is 40.7 Å². The Morgan fingerprint density at radius 3 is 2.24 bits per heavy atom. The highest BCUT2D eigenvalue weighted by Gasteiger charge is 2.32. The van der Waals surface area contributed by atoms with Gasteiger partial charge in [0.2, 0.25) is 15.9 Å². The molecule has 1 N–H and O–H groups in total. The highest BCUT2D eigenvalue weighted by Crippen LogP contribution is 2.25. The van der Waals surface area contributed by atoms with Gasteiger partial charge in [0.05, 0.1) is 27.2 Å². The van der Waals surface area contributed by atoms with Crippen LogP contribution in [0.2, 0.25) is 0 Å². The van der Waals surface area contributed by atoms with Crippen molar-refractivity contribution in [2.75, 3.05) is 18.4 Å². The van der Waals surface area contributed by atoms with Crippen LogP contribution >= 0.6 is 0 Å². The van der Waals surface area contributed by atoms with Crippen LogP contribution in [0.1, 0.15) is 38.1 Å². The molecule has 2 heterocycles. The van der Waals surface area contributed by atoms with E-state index in [-0.39, 0.29) is 52.6 Å². The van der Waals surface area contributed by atoms with E-state index in [1.54, 1.807) is 26.0 Å². The zero-order chi connectivity index (χ0) is 27.0. The number of morpholine rings is 1. The van der Waals surface area contributed by atoms with E-state index < -0.39 is 31.0 Å². The fourth-order valence-corrected chi connectivity index (χ4v) is 6.59. The van der Waals surface area contributed by atoms with Crippen molar-refractivity contribution < 1.29 is 30.8 Å². The van der Waals surface area contributed by atoms with Crippen molar-refractivity contribution >= 4 is 31.8 Å². The Kier molecular flexibility index (Phi) is 7.51. The summed E-state index contributed by atoms with van der Waals surface area (Å²) in [7, 11) is -7.23. The molecule has 0 saturated carbocycles. The van der Waals surface area contributed by atoms with Crippen LogP contribution in [0.3, 0.4) is 0 Å². The summed E-state index contributed by atoms with van der Waals surface area (Å²) < 4.78 is 63.4. The van der Waals surface area contributed by atoms with Gasteiger partial charge < -0.3 is 9.15 Å². The third-order valence-corrected chi connectivity index (χ3v) is 9.81. The Labute approximate surface area is 215 Å². The SMILES string of the molecule is CC1CN(S(=O)(=O)c2ccc(C(=O)Nc3nnc(-c4cccc(S(=O)(=O)C(C)C)c4)o3)cc2)CC(C)O1. The lowest BCUT2D eigenvalue weighted by Crippen LogP contribution is -2.48. The number of nitrogens with one attached hydrogen (secondary N) is 1. The first kappa shape index (κ1) is 26.9. The van der Waals surface area contributed by atoms with Crippen molar-refractivity contribution in [2.45, 2.75) is 54.9 Å². The summed E-state index contributed by atoms with van der Waals surface area (Å²) in [4.78, 5) is 12.9. The van der Waals surface area contributed by atoms with E-state index in [4.69, 9.17) is 9.15 Å². The normalized spacial score (nSPS) is 19.2. The first-order valence-electron chi connectivity index (χ1n) is 11.6. The van der Waals surface area contributed by atoms with Crippen molar-refractivity contribution in [2.24, 2.45) is 0 Å². The van der Waals surface area contributed by atoms with Gasteiger partial charge in [-0.05, 0) is 70.2 Å². The number of carbonyl (C=O) groups excluding carboxylic acids is 1. The van der Waals surface area contributed by atoms with Crippen LogP contribution in [0, 0.1) is 0 Å². The lowest BCUT2D eigenvalue weighted by Gasteiger charge is -2.34. The molecule has 2 aromatic carbocycles. The third kappa shape index (κ3) is 5.74. The van der Waals surface area contributed by atoms with E-state index in [9.17, 15) is 21.6 Å². The molecule has 1 aromatic heterocycles. The predicted molar refractivity (Wildman–Crippen MR) is 135 cm³/mol. The predicted octanol–water partition coefficient (Wildman–Crippen LogP) is 2.97. The number of carbonyl (C=O) groups is 1. The van der Waals surface area contributed by atoms with Gasteiger partial charge in [0.15, 0.2) is 9.84 Å². The topological polar surface area (TPSA) is 149 Å². The lowest BCUT2D eigenvalue weighted by atomic mass is 10.2. The molecule has 2 unspecified atom stereocenters. The quantitative estimate of drug-likeness (QED) is 0.470. The number of benzene rings is 2. The molecule has 2 atom stereocenters. The molecular weight excluding hydrogens is 520 g/mol. The van der Waals surface area contributed by atoms with E-state index in [0.717, 1.165) is 0 Å². The third-order valence-electron chi connectivity index (χ3n) is 5.82. The van der Waals surface area contributed by atoms with Crippen LogP contribution in [-0.2, 0) is 24.6 Å². The van der Waals surface area contributed by atoms with Crippen molar-refractivity contribution in [3.8, 4) is 11.5 Å². The molecular formula is C24H28N4O7S2. The maximum Gasteiger partial charge on any atom is 0.322 e. The summed E-state index contributed by atoms with van der Waals surface area (Å²) in [5, 5.41) is 9.57. The molecule has 1 aliphatic rings. The van der Waals surface area contributed by atoms with Gasteiger partial charge in [-0.15, -0.1) is 5.10 Å². The van der Waals surface area contributed by atoms with Crippen molar-refractivity contribution in [1.29, 1.82) is 0 Å². The number of amides is 1. The fourth-order valence-electron chi connectivity index (χ4n) is 3.89. The van der Waals surface area contributed by atoms with Gasteiger partial charge in [-0.2, -0.15) is 4.31 Å². The number of sulfonamides is 1. The summed E-state index contributed by atoms with van der Waals surface area (Å²) in [6.07, 6.45) is -0.435. The minimum atomic E-state index is -3.74. The molecule has 11 nitrogen and oxygen atoms in total. The second-order valence-electron chi connectivity index (χ2n) is 9.09. The van der Waals surface area contributed by atoms with Crippen LogP contribution in [0.5, 0.6) is 0 Å². The van der Waals surface area contributed by atoms with E-state index in [1.807, 2.05) is 13.8 Å². The highest BCUT2D eigenvalue weighted by molar-refractivity contribution is 7.92. The summed E-state index contributed by atoms with van der Waals surface area (Å²) in [6.45, 7) is 7.32. The summed E-state index contributed by atoms with van der Waals surface area (Å²) in [6, 6.07) is 11.5. The van der Waals surface area contributed by atoms with Gasteiger partial charge >= 0.3 is 6.01 Å². The molecule has 0 radical (unpaired) electrons. The van der Waals surface area contributed by atoms with E-state index >= 15 is 0 Å². The molecule has 4 rings (SSSR count). The number of anilines is 1. The van der Waals surface area contributed by atoms with Gasteiger partial charge in [0.1, 0.15) is 0 Å². The molecule has 0 spiro atoms. The van der Waals surface area contributed by atoms with Crippen molar-refractivity contribution in [3.63, 3.8) is 0 Å². The minimum absolute atomic E-state index is 0.0338. The summed E-state index contributed by atoms with van der Waals surface area (Å²) >= 11 is 0. The van der Waals surface area contributed by atoms with E-state index in [0.29, 0.717) is 5.56 Å². The molecule has 37 heavy (non-hydrogen) atoms. The van der Waals surface area contributed by atoms with Crippen LogP contribution < -0.4 is 5.32 Å². The molecule has 13 heteroatoms. The monoisotopic (exact) mass is 548 g/mol. The Bertz CT molecular complexity index is 1490. The summed E-state index contributed by atoms with van der Waals surface area (Å²) in [5.74, 6) is -0.546. The number of rotatable bonds is 7. The number of hydrogen-bond donors (Lipinski definition) is 1. The first-order valence-corrected chi connectivity index (χ1v) is 14.6. The van der Waals surface area contributed by atoms with Gasteiger partial charge in [0, 0.05) is 24.2 Å². The number of aromatic nitrogens is 2. The van der Waals surface area contributed by atoms with Gasteiger partial charge in [0.25, 0.3) is 5.91 Å². The minimum Gasteiger partial charge on any atom is -0.403 e. The second kappa shape index (κ2) is 10.3. The molecule has 1 saturated heterocycles. The molecule has 0 bridgehead atoms. The van der Waals surface area contributed by atoms with Gasteiger partial charge in [-0.25, -0.2) is 16.8 Å². The maximum absolute atomic E-state index is 13.0. The molecule has 1 amide bonds. The van der Waals surface area contributed by atoms with Crippen LogP contribution in [0.25, 0.3) is 11.5 Å². The number of hydrogen-bond acceptors (Lipinski definition) is 9. The average molecular weight is 549 g/mol. The van der Waals surface area contributed by atoms with Crippen LogP contribution in [0.4, 0.5) is 6.01 Å². The Hall–Kier alpha value is -3.13. The largest absolute Gasteiger partial charge is 0.403 e. The van der Waals surface area contributed by atoms with E-state index in [2.05, 4.69) is 15.5 Å². The Morgan fingerprint density at radius 2 is 1.62 bits per heavy atom. The molecule has 1 fully saturated rings.